The average Bonchev–Trinajstić information content (AvgIpc) is 3.56. The van der Waals surface area contributed by atoms with Gasteiger partial charge in [0, 0.05) is 43.6 Å². The number of rotatable bonds is 2. The second-order valence-corrected chi connectivity index (χ2v) is 9.56. The van der Waals surface area contributed by atoms with Gasteiger partial charge in [-0.15, -0.1) is 0 Å². The molecule has 6 aromatic carbocycles. The molecule has 0 radical (unpaired) electrons. The molecule has 0 saturated carbocycles. The molecular weight excluding hydrogens is 460 g/mol. The zero-order valence-electron chi connectivity index (χ0n) is 20.9. The van der Waals surface area contributed by atoms with Crippen LogP contribution in [0.1, 0.15) is 0 Å². The molecule has 0 atom stereocenters. The molecular formula is C36H26N2. The van der Waals surface area contributed by atoms with E-state index in [0.717, 1.165) is 0 Å². The summed E-state index contributed by atoms with van der Waals surface area (Å²) in [6.45, 7) is 0. The minimum atomic E-state index is 1.20. The number of benzene rings is 6. The van der Waals surface area contributed by atoms with Gasteiger partial charge in [-0.05, 0) is 52.6 Å². The molecule has 0 spiro atoms. The standard InChI is InChI=1S/2C18H13N/c1-2-7-13(8-3-1)14-10-6-12-17-18(14)15-9-4-5-11-16(15)19-17;1-2-6-13(7-3-1)14-10-11-18-16(12-14)15-8-4-5-9-17(15)19-18/h2*1-12,19H. The van der Waals surface area contributed by atoms with E-state index in [2.05, 4.69) is 149 Å². The Bertz CT molecular complexity index is 2010. The van der Waals surface area contributed by atoms with Crippen molar-refractivity contribution in [2.45, 2.75) is 0 Å². The molecule has 0 aliphatic heterocycles. The lowest BCUT2D eigenvalue weighted by Gasteiger charge is -2.04. The zero-order valence-corrected chi connectivity index (χ0v) is 20.9. The first-order chi connectivity index (χ1) is 18.8. The first kappa shape index (κ1) is 22.1. The van der Waals surface area contributed by atoms with Gasteiger partial charge in [0.25, 0.3) is 0 Å². The Morgan fingerprint density at radius 2 is 0.868 bits per heavy atom. The smallest absolute Gasteiger partial charge is 0.0471 e. The summed E-state index contributed by atoms with van der Waals surface area (Å²) in [6.07, 6.45) is 0. The maximum Gasteiger partial charge on any atom is 0.0471 e. The van der Waals surface area contributed by atoms with Crippen LogP contribution in [-0.2, 0) is 0 Å². The van der Waals surface area contributed by atoms with Gasteiger partial charge in [0.1, 0.15) is 0 Å². The number of para-hydroxylation sites is 2. The fourth-order valence-electron chi connectivity index (χ4n) is 5.42. The summed E-state index contributed by atoms with van der Waals surface area (Å²) < 4.78 is 0. The minimum absolute atomic E-state index is 1.20. The summed E-state index contributed by atoms with van der Waals surface area (Å²) in [5.74, 6) is 0. The Kier molecular flexibility index (Phi) is 5.49. The van der Waals surface area contributed by atoms with Crippen LogP contribution in [0.5, 0.6) is 0 Å². The summed E-state index contributed by atoms with van der Waals surface area (Å²) in [4.78, 5) is 6.94. The molecule has 0 bridgehead atoms. The molecule has 0 saturated heterocycles. The van der Waals surface area contributed by atoms with Crippen LogP contribution in [0.15, 0.2) is 146 Å². The third-order valence-corrected chi connectivity index (χ3v) is 7.23. The van der Waals surface area contributed by atoms with Gasteiger partial charge in [0.15, 0.2) is 0 Å². The van der Waals surface area contributed by atoms with Gasteiger partial charge in [-0.2, -0.15) is 0 Å². The highest BCUT2D eigenvalue weighted by molar-refractivity contribution is 6.14. The van der Waals surface area contributed by atoms with Crippen LogP contribution in [0.4, 0.5) is 0 Å². The third-order valence-electron chi connectivity index (χ3n) is 7.23. The quantitative estimate of drug-likeness (QED) is 0.244. The molecule has 0 fully saturated rings. The number of aromatic amines is 2. The van der Waals surface area contributed by atoms with Crippen LogP contribution in [-0.4, -0.2) is 9.97 Å². The van der Waals surface area contributed by atoms with Crippen LogP contribution < -0.4 is 0 Å². The fraction of sp³-hybridized carbons (Fsp3) is 0. The SMILES string of the molecule is c1ccc(-c2ccc3[nH]c4ccccc4c3c2)cc1.c1ccc(-c2cccc3[nH]c4ccccc4c23)cc1. The second kappa shape index (κ2) is 9.42. The van der Waals surface area contributed by atoms with Crippen molar-refractivity contribution in [2.24, 2.45) is 0 Å². The second-order valence-electron chi connectivity index (χ2n) is 9.56. The maximum absolute atomic E-state index is 3.49. The van der Waals surface area contributed by atoms with Gasteiger partial charge in [-0.25, -0.2) is 0 Å². The number of hydrogen-bond acceptors (Lipinski definition) is 0. The number of nitrogens with one attached hydrogen (secondary N) is 2. The first-order valence-electron chi connectivity index (χ1n) is 13.0. The Morgan fingerprint density at radius 1 is 0.316 bits per heavy atom. The molecule has 2 heteroatoms. The van der Waals surface area contributed by atoms with Crippen LogP contribution in [0.2, 0.25) is 0 Å². The van der Waals surface area contributed by atoms with Crippen molar-refractivity contribution in [3.8, 4) is 22.3 Å². The topological polar surface area (TPSA) is 31.6 Å². The molecule has 2 N–H and O–H groups in total. The molecule has 8 aromatic rings. The van der Waals surface area contributed by atoms with Gasteiger partial charge in [-0.3, -0.25) is 0 Å². The van der Waals surface area contributed by atoms with E-state index in [1.54, 1.807) is 0 Å². The van der Waals surface area contributed by atoms with Crippen molar-refractivity contribution in [3.05, 3.63) is 146 Å². The molecule has 0 aliphatic rings. The molecule has 0 aliphatic carbocycles. The highest BCUT2D eigenvalue weighted by Gasteiger charge is 2.09. The number of hydrogen-bond donors (Lipinski definition) is 2. The monoisotopic (exact) mass is 486 g/mol. The average molecular weight is 487 g/mol. The summed E-state index contributed by atoms with van der Waals surface area (Å²) >= 11 is 0. The van der Waals surface area contributed by atoms with E-state index in [0.29, 0.717) is 0 Å². The minimum Gasteiger partial charge on any atom is -0.355 e. The summed E-state index contributed by atoms with van der Waals surface area (Å²) in [5, 5.41) is 5.17. The third kappa shape index (κ3) is 3.93. The van der Waals surface area contributed by atoms with Gasteiger partial charge in [-0.1, -0.05) is 115 Å². The molecule has 38 heavy (non-hydrogen) atoms. The van der Waals surface area contributed by atoms with Crippen molar-refractivity contribution in [3.63, 3.8) is 0 Å². The molecule has 0 unspecified atom stereocenters. The normalized spacial score (nSPS) is 11.2. The zero-order chi connectivity index (χ0) is 25.3. The van der Waals surface area contributed by atoms with Crippen LogP contribution in [0, 0.1) is 0 Å². The Balaban J connectivity index is 0.000000127. The van der Waals surface area contributed by atoms with Gasteiger partial charge >= 0.3 is 0 Å². The molecule has 8 rings (SSSR count). The molecule has 2 nitrogen and oxygen atoms in total. The molecule has 180 valence electrons. The Hall–Kier alpha value is -5.08. The highest BCUT2D eigenvalue weighted by atomic mass is 14.7. The number of aromatic nitrogens is 2. The van der Waals surface area contributed by atoms with Gasteiger partial charge in [0.05, 0.1) is 0 Å². The Morgan fingerprint density at radius 3 is 1.63 bits per heavy atom. The summed E-state index contributed by atoms with van der Waals surface area (Å²) in [7, 11) is 0. The largest absolute Gasteiger partial charge is 0.355 e. The number of H-pyrrole nitrogens is 2. The molecule has 2 heterocycles. The van der Waals surface area contributed by atoms with E-state index >= 15 is 0 Å². The van der Waals surface area contributed by atoms with Crippen LogP contribution >= 0.6 is 0 Å². The van der Waals surface area contributed by atoms with Crippen LogP contribution in [0.3, 0.4) is 0 Å². The first-order valence-corrected chi connectivity index (χ1v) is 13.0. The molecule has 2 aromatic heterocycles. The van der Waals surface area contributed by atoms with Crippen molar-refractivity contribution >= 4 is 43.6 Å². The summed E-state index contributed by atoms with van der Waals surface area (Å²) in [6, 6.07) is 51.0. The maximum atomic E-state index is 3.49. The van der Waals surface area contributed by atoms with Crippen LogP contribution in [0.25, 0.3) is 65.9 Å². The van der Waals surface area contributed by atoms with E-state index < -0.39 is 0 Å². The van der Waals surface area contributed by atoms with E-state index in [1.807, 2.05) is 6.07 Å². The lowest BCUT2D eigenvalue weighted by molar-refractivity contribution is 1.54. The van der Waals surface area contributed by atoms with Gasteiger partial charge < -0.3 is 9.97 Å². The lowest BCUT2D eigenvalue weighted by Crippen LogP contribution is -1.78. The predicted molar refractivity (Wildman–Crippen MR) is 162 cm³/mol. The van der Waals surface area contributed by atoms with E-state index in [4.69, 9.17) is 0 Å². The van der Waals surface area contributed by atoms with E-state index in [1.165, 1.54) is 65.9 Å². The van der Waals surface area contributed by atoms with Crippen molar-refractivity contribution in [2.75, 3.05) is 0 Å². The van der Waals surface area contributed by atoms with Crippen molar-refractivity contribution in [1.82, 2.24) is 9.97 Å². The lowest BCUT2D eigenvalue weighted by atomic mass is 10.00. The Labute approximate surface area is 221 Å². The van der Waals surface area contributed by atoms with E-state index in [9.17, 15) is 0 Å². The fourth-order valence-corrected chi connectivity index (χ4v) is 5.42. The van der Waals surface area contributed by atoms with Gasteiger partial charge in [0.2, 0.25) is 0 Å². The van der Waals surface area contributed by atoms with Crippen molar-refractivity contribution in [1.29, 1.82) is 0 Å². The van der Waals surface area contributed by atoms with E-state index in [-0.39, 0.29) is 0 Å². The highest BCUT2D eigenvalue weighted by Crippen LogP contribution is 2.34. The summed E-state index contributed by atoms with van der Waals surface area (Å²) in [5.41, 5.74) is 9.85. The van der Waals surface area contributed by atoms with Crippen molar-refractivity contribution < 1.29 is 0 Å². The predicted octanol–water partition coefficient (Wildman–Crippen LogP) is 9.98. The number of fused-ring (bicyclic) bond motifs is 6. The molecule has 0 amide bonds.